The summed E-state index contributed by atoms with van der Waals surface area (Å²) in [6.07, 6.45) is 7.60. The van der Waals surface area contributed by atoms with E-state index >= 15 is 0 Å². The Kier molecular flexibility index (Phi) is 1.95. The summed E-state index contributed by atoms with van der Waals surface area (Å²) in [5.41, 5.74) is 2.37. The molecule has 2 saturated carbocycles. The van der Waals surface area contributed by atoms with E-state index in [0.29, 0.717) is 6.04 Å². The lowest BCUT2D eigenvalue weighted by Gasteiger charge is -2.24. The molecule has 88 valence electrons. The van der Waals surface area contributed by atoms with Gasteiger partial charge in [0.1, 0.15) is 0 Å². The van der Waals surface area contributed by atoms with Crippen molar-refractivity contribution in [2.45, 2.75) is 31.7 Å². The molecular formula is C14H17N3. The molecule has 2 aliphatic carbocycles. The van der Waals surface area contributed by atoms with E-state index in [-0.39, 0.29) is 0 Å². The molecule has 3 nitrogen and oxygen atoms in total. The van der Waals surface area contributed by atoms with Gasteiger partial charge >= 0.3 is 0 Å². The quantitative estimate of drug-likeness (QED) is 0.827. The molecule has 2 aromatic rings. The molecule has 3 heteroatoms. The molecule has 3 unspecified atom stereocenters. The van der Waals surface area contributed by atoms with Gasteiger partial charge in [-0.2, -0.15) is 5.10 Å². The summed E-state index contributed by atoms with van der Waals surface area (Å²) in [5.74, 6) is 1.89. The van der Waals surface area contributed by atoms with Gasteiger partial charge in [0.15, 0.2) is 0 Å². The molecule has 2 aliphatic rings. The van der Waals surface area contributed by atoms with Crippen LogP contribution in [-0.4, -0.2) is 16.2 Å². The van der Waals surface area contributed by atoms with Crippen LogP contribution < -0.4 is 5.32 Å². The summed E-state index contributed by atoms with van der Waals surface area (Å²) in [4.78, 5) is 0. The molecular weight excluding hydrogens is 210 g/mol. The molecule has 0 aliphatic heterocycles. The molecule has 2 bridgehead atoms. The lowest BCUT2D eigenvalue weighted by molar-refractivity contribution is 0.440. The van der Waals surface area contributed by atoms with E-state index in [1.807, 2.05) is 6.20 Å². The van der Waals surface area contributed by atoms with Crippen LogP contribution in [0.25, 0.3) is 10.9 Å². The van der Waals surface area contributed by atoms with E-state index in [1.54, 1.807) is 0 Å². The molecule has 2 N–H and O–H groups in total. The maximum Gasteiger partial charge on any atom is 0.0671 e. The van der Waals surface area contributed by atoms with E-state index in [1.165, 1.54) is 36.8 Å². The first-order chi connectivity index (χ1) is 8.40. The van der Waals surface area contributed by atoms with E-state index in [2.05, 4.69) is 33.7 Å². The number of H-pyrrole nitrogens is 1. The molecule has 0 saturated heterocycles. The molecule has 3 atom stereocenters. The summed E-state index contributed by atoms with van der Waals surface area (Å²) in [7, 11) is 0. The van der Waals surface area contributed by atoms with Crippen molar-refractivity contribution >= 4 is 16.6 Å². The van der Waals surface area contributed by atoms with Gasteiger partial charge in [-0.05, 0) is 43.2 Å². The smallest absolute Gasteiger partial charge is 0.0671 e. The SMILES string of the molecule is c1cc(NC2CC3CCC2C3)c2cn[nH]c2c1. The Morgan fingerprint density at radius 3 is 3.06 bits per heavy atom. The number of nitrogens with zero attached hydrogens (tertiary/aromatic N) is 1. The van der Waals surface area contributed by atoms with Crippen LogP contribution >= 0.6 is 0 Å². The first-order valence-electron chi connectivity index (χ1n) is 6.59. The fourth-order valence-electron chi connectivity index (χ4n) is 3.72. The van der Waals surface area contributed by atoms with Crippen molar-refractivity contribution in [3.63, 3.8) is 0 Å². The number of aromatic nitrogens is 2. The fraction of sp³-hybridized carbons (Fsp3) is 0.500. The maximum absolute atomic E-state index is 4.12. The van der Waals surface area contributed by atoms with Crippen LogP contribution in [0.3, 0.4) is 0 Å². The minimum absolute atomic E-state index is 0.689. The van der Waals surface area contributed by atoms with Crippen molar-refractivity contribution < 1.29 is 0 Å². The molecule has 4 rings (SSSR count). The lowest BCUT2D eigenvalue weighted by atomic mass is 9.95. The Balaban J connectivity index is 1.65. The van der Waals surface area contributed by atoms with Gasteiger partial charge in [0.25, 0.3) is 0 Å². The third-order valence-corrected chi connectivity index (χ3v) is 4.56. The zero-order valence-corrected chi connectivity index (χ0v) is 9.82. The van der Waals surface area contributed by atoms with Crippen LogP contribution in [0.1, 0.15) is 25.7 Å². The number of fused-ring (bicyclic) bond motifs is 3. The second-order valence-electron chi connectivity index (χ2n) is 5.56. The summed E-state index contributed by atoms with van der Waals surface area (Å²) in [6, 6.07) is 7.03. The predicted octanol–water partition coefficient (Wildman–Crippen LogP) is 3.16. The Labute approximate surface area is 101 Å². The zero-order chi connectivity index (χ0) is 11.2. The molecule has 17 heavy (non-hydrogen) atoms. The normalized spacial score (nSPS) is 31.2. The van der Waals surface area contributed by atoms with Crippen molar-refractivity contribution in [1.29, 1.82) is 0 Å². The molecule has 0 amide bonds. The van der Waals surface area contributed by atoms with E-state index in [9.17, 15) is 0 Å². The number of anilines is 1. The minimum atomic E-state index is 0.689. The minimum Gasteiger partial charge on any atom is -0.381 e. The number of hydrogen-bond donors (Lipinski definition) is 2. The Bertz CT molecular complexity index is 545. The number of benzene rings is 1. The highest BCUT2D eigenvalue weighted by Crippen LogP contribution is 2.45. The van der Waals surface area contributed by atoms with Gasteiger partial charge < -0.3 is 5.32 Å². The predicted molar refractivity (Wildman–Crippen MR) is 69.0 cm³/mol. The van der Waals surface area contributed by atoms with Crippen LogP contribution in [0.2, 0.25) is 0 Å². The van der Waals surface area contributed by atoms with Gasteiger partial charge in [-0.3, -0.25) is 5.10 Å². The molecule has 1 aromatic heterocycles. The summed E-state index contributed by atoms with van der Waals surface area (Å²) < 4.78 is 0. The number of nitrogens with one attached hydrogen (secondary N) is 2. The van der Waals surface area contributed by atoms with Gasteiger partial charge in [0.05, 0.1) is 11.7 Å². The van der Waals surface area contributed by atoms with E-state index < -0.39 is 0 Å². The second-order valence-corrected chi connectivity index (χ2v) is 5.56. The van der Waals surface area contributed by atoms with Gasteiger partial charge in [0, 0.05) is 17.1 Å². The third-order valence-electron chi connectivity index (χ3n) is 4.56. The highest BCUT2D eigenvalue weighted by atomic mass is 15.1. The zero-order valence-electron chi connectivity index (χ0n) is 9.82. The topological polar surface area (TPSA) is 40.7 Å². The van der Waals surface area contributed by atoms with Crippen molar-refractivity contribution in [3.05, 3.63) is 24.4 Å². The Morgan fingerprint density at radius 1 is 1.24 bits per heavy atom. The summed E-state index contributed by atoms with van der Waals surface area (Å²) >= 11 is 0. The molecule has 1 heterocycles. The average Bonchev–Trinajstić information content (AvgIpc) is 3.04. The third kappa shape index (κ3) is 1.45. The standard InChI is InChI=1S/C14H17N3/c1-2-12(11-8-15-17-13(11)3-1)16-14-7-9-4-5-10(14)6-9/h1-3,8-10,14,16H,4-7H2,(H,15,17). The van der Waals surface area contributed by atoms with Gasteiger partial charge in [-0.15, -0.1) is 0 Å². The van der Waals surface area contributed by atoms with Crippen LogP contribution in [-0.2, 0) is 0 Å². The monoisotopic (exact) mass is 227 g/mol. The molecule has 0 spiro atoms. The first kappa shape index (κ1) is 9.51. The van der Waals surface area contributed by atoms with E-state index in [0.717, 1.165) is 17.4 Å². The number of rotatable bonds is 2. The Hall–Kier alpha value is -1.51. The molecule has 2 fully saturated rings. The van der Waals surface area contributed by atoms with Gasteiger partial charge in [-0.1, -0.05) is 12.5 Å². The van der Waals surface area contributed by atoms with Crippen LogP contribution in [0.15, 0.2) is 24.4 Å². The van der Waals surface area contributed by atoms with Crippen molar-refractivity contribution in [2.24, 2.45) is 11.8 Å². The first-order valence-corrected chi connectivity index (χ1v) is 6.59. The maximum atomic E-state index is 4.12. The van der Waals surface area contributed by atoms with Crippen molar-refractivity contribution in [1.82, 2.24) is 10.2 Å². The number of aromatic amines is 1. The number of hydrogen-bond acceptors (Lipinski definition) is 2. The fourth-order valence-corrected chi connectivity index (χ4v) is 3.72. The van der Waals surface area contributed by atoms with Crippen LogP contribution in [0, 0.1) is 11.8 Å². The summed E-state index contributed by atoms with van der Waals surface area (Å²) in [5, 5.41) is 12.1. The molecule has 1 aromatic carbocycles. The lowest BCUT2D eigenvalue weighted by Crippen LogP contribution is -2.25. The van der Waals surface area contributed by atoms with Crippen LogP contribution in [0.4, 0.5) is 5.69 Å². The highest BCUT2D eigenvalue weighted by molar-refractivity contribution is 5.90. The van der Waals surface area contributed by atoms with Gasteiger partial charge in [0.2, 0.25) is 0 Å². The average molecular weight is 227 g/mol. The highest BCUT2D eigenvalue weighted by Gasteiger charge is 2.39. The van der Waals surface area contributed by atoms with Crippen molar-refractivity contribution in [2.75, 3.05) is 5.32 Å². The second kappa shape index (κ2) is 3.49. The summed E-state index contributed by atoms with van der Waals surface area (Å²) in [6.45, 7) is 0. The van der Waals surface area contributed by atoms with Gasteiger partial charge in [-0.25, -0.2) is 0 Å². The van der Waals surface area contributed by atoms with E-state index in [4.69, 9.17) is 0 Å². The largest absolute Gasteiger partial charge is 0.381 e. The Morgan fingerprint density at radius 2 is 2.24 bits per heavy atom. The molecule has 0 radical (unpaired) electrons. The van der Waals surface area contributed by atoms with Crippen LogP contribution in [0.5, 0.6) is 0 Å². The van der Waals surface area contributed by atoms with Crippen molar-refractivity contribution in [3.8, 4) is 0 Å².